The molecule has 1 unspecified atom stereocenters. The van der Waals surface area contributed by atoms with Crippen LogP contribution >= 0.6 is 0 Å². The molecule has 0 bridgehead atoms. The van der Waals surface area contributed by atoms with Gasteiger partial charge in [-0.25, -0.2) is 4.79 Å². The number of aromatic nitrogens is 2. The Morgan fingerprint density at radius 1 is 1.09 bits per heavy atom. The fraction of sp³-hybridized carbons (Fsp3) is 0.769. The number of nitriles is 1. The normalized spacial score (nSPS) is 21.7. The Balaban J connectivity index is 1.62. The average Bonchev–Trinajstić information content (AvgIpc) is 3.17. The van der Waals surface area contributed by atoms with Gasteiger partial charge in [0.1, 0.15) is 23.9 Å². The van der Waals surface area contributed by atoms with Gasteiger partial charge < -0.3 is 20.3 Å². The largest absolute Gasteiger partial charge is 0.394 e. The van der Waals surface area contributed by atoms with Gasteiger partial charge in [0.15, 0.2) is 6.23 Å². The molecule has 9 heteroatoms. The zero-order valence-corrected chi connectivity index (χ0v) is 21.0. The van der Waals surface area contributed by atoms with Crippen molar-refractivity contribution in [2.75, 3.05) is 11.9 Å². The van der Waals surface area contributed by atoms with Gasteiger partial charge in [-0.3, -0.25) is 9.36 Å². The van der Waals surface area contributed by atoms with Gasteiger partial charge in [-0.1, -0.05) is 84.0 Å². The van der Waals surface area contributed by atoms with Crippen LogP contribution in [0.1, 0.15) is 103 Å². The van der Waals surface area contributed by atoms with Crippen molar-refractivity contribution >= 4 is 11.7 Å². The number of hydrogen-bond acceptors (Lipinski definition) is 7. The molecule has 0 spiro atoms. The van der Waals surface area contributed by atoms with E-state index in [9.17, 15) is 25.1 Å². The molecule has 35 heavy (non-hydrogen) atoms. The van der Waals surface area contributed by atoms with Crippen molar-refractivity contribution in [2.45, 2.75) is 115 Å². The van der Waals surface area contributed by atoms with E-state index in [1.54, 1.807) is 0 Å². The van der Waals surface area contributed by atoms with Crippen LogP contribution in [0.5, 0.6) is 0 Å². The van der Waals surface area contributed by atoms with E-state index in [1.165, 1.54) is 76.5 Å². The summed E-state index contributed by atoms with van der Waals surface area (Å²) in [6.07, 6.45) is 14.7. The number of nitrogens with zero attached hydrogens (tertiary/aromatic N) is 3. The molecule has 0 saturated carbocycles. The van der Waals surface area contributed by atoms with E-state index in [-0.39, 0.29) is 11.7 Å². The van der Waals surface area contributed by atoms with E-state index in [1.807, 2.05) is 6.07 Å². The highest BCUT2D eigenvalue weighted by atomic mass is 16.5. The van der Waals surface area contributed by atoms with Crippen molar-refractivity contribution in [3.63, 3.8) is 0 Å². The topological polar surface area (TPSA) is 137 Å². The highest BCUT2D eigenvalue weighted by molar-refractivity contribution is 5.89. The smallest absolute Gasteiger partial charge is 0.351 e. The lowest BCUT2D eigenvalue weighted by molar-refractivity contribution is -0.116. The van der Waals surface area contributed by atoms with Crippen LogP contribution < -0.4 is 11.0 Å². The Hall–Kier alpha value is -2.28. The molecule has 1 aromatic heterocycles. The van der Waals surface area contributed by atoms with Crippen molar-refractivity contribution in [1.82, 2.24) is 9.55 Å². The second-order valence-electron chi connectivity index (χ2n) is 9.44. The lowest BCUT2D eigenvalue weighted by Crippen LogP contribution is -2.32. The van der Waals surface area contributed by atoms with Crippen LogP contribution in [0, 0.1) is 17.2 Å². The monoisotopic (exact) mass is 490 g/mol. The summed E-state index contributed by atoms with van der Waals surface area (Å²) in [5, 5.41) is 31.3. The second kappa shape index (κ2) is 16.4. The summed E-state index contributed by atoms with van der Waals surface area (Å²) >= 11 is 0. The van der Waals surface area contributed by atoms with Gasteiger partial charge >= 0.3 is 5.69 Å². The van der Waals surface area contributed by atoms with Crippen molar-refractivity contribution in [1.29, 1.82) is 5.26 Å². The number of nitrogens with one attached hydrogen (secondary N) is 1. The molecule has 2 rings (SSSR count). The number of aliphatic hydroxyl groups is 2. The summed E-state index contributed by atoms with van der Waals surface area (Å²) in [6.45, 7) is 1.78. The van der Waals surface area contributed by atoms with Crippen LogP contribution in [0.2, 0.25) is 0 Å². The summed E-state index contributed by atoms with van der Waals surface area (Å²) in [4.78, 5) is 28.5. The third-order valence-corrected chi connectivity index (χ3v) is 6.58. The number of aliphatic hydroxyl groups excluding tert-OH is 2. The predicted octanol–water partition coefficient (Wildman–Crippen LogP) is 4.05. The van der Waals surface area contributed by atoms with E-state index < -0.39 is 36.7 Å². The van der Waals surface area contributed by atoms with Gasteiger partial charge in [0.2, 0.25) is 5.91 Å². The molecule has 0 radical (unpaired) electrons. The Bertz CT molecular complexity index is 853. The lowest BCUT2D eigenvalue weighted by Gasteiger charge is -2.16. The third kappa shape index (κ3) is 9.71. The predicted molar refractivity (Wildman–Crippen MR) is 134 cm³/mol. The Morgan fingerprint density at radius 3 is 2.17 bits per heavy atom. The molecule has 1 aliphatic heterocycles. The molecular weight excluding hydrogens is 448 g/mol. The first kappa shape index (κ1) is 29.0. The van der Waals surface area contributed by atoms with Crippen molar-refractivity contribution < 1.29 is 19.7 Å². The SMILES string of the molecule is CCCCCCCCCCCCCCCC(=O)Nc1ccn([C@@H]2O[C@H](CO)[C@@H](O)C2C#N)c(=O)n1. The minimum Gasteiger partial charge on any atom is -0.394 e. The standard InChI is InChI=1S/C26H42N4O5/c1-2-3-4-5-6-7-8-9-10-11-12-13-14-15-23(32)28-22-16-17-30(26(34)29-22)25-20(18-27)24(33)21(19-31)35-25/h16-17,20-21,24-25,31,33H,2-15,19H2,1H3,(H,28,29,32,34)/t20?,21-,24+,25-/m1/s1. The number of amides is 1. The molecule has 3 N–H and O–H groups in total. The summed E-state index contributed by atoms with van der Waals surface area (Å²) in [5.41, 5.74) is -0.709. The fourth-order valence-corrected chi connectivity index (χ4v) is 4.46. The lowest BCUT2D eigenvalue weighted by atomic mass is 10.0. The number of rotatable bonds is 17. The summed E-state index contributed by atoms with van der Waals surface area (Å²) in [5.74, 6) is -1.07. The first-order valence-corrected chi connectivity index (χ1v) is 13.2. The fourth-order valence-electron chi connectivity index (χ4n) is 4.46. The number of carbonyl (C=O) groups is 1. The number of anilines is 1. The van der Waals surface area contributed by atoms with Gasteiger partial charge in [-0.2, -0.15) is 10.2 Å². The van der Waals surface area contributed by atoms with E-state index >= 15 is 0 Å². The summed E-state index contributed by atoms with van der Waals surface area (Å²) in [7, 11) is 0. The molecule has 1 aromatic rings. The van der Waals surface area contributed by atoms with E-state index in [2.05, 4.69) is 17.2 Å². The number of unbranched alkanes of at least 4 members (excludes halogenated alkanes) is 12. The summed E-state index contributed by atoms with van der Waals surface area (Å²) in [6, 6.07) is 3.37. The third-order valence-electron chi connectivity index (χ3n) is 6.58. The second-order valence-corrected chi connectivity index (χ2v) is 9.44. The van der Waals surface area contributed by atoms with Gasteiger partial charge in [0, 0.05) is 12.6 Å². The van der Waals surface area contributed by atoms with E-state index in [0.717, 1.165) is 23.8 Å². The van der Waals surface area contributed by atoms with Crippen molar-refractivity contribution in [3.05, 3.63) is 22.7 Å². The van der Waals surface area contributed by atoms with Gasteiger partial charge in [-0.05, 0) is 12.5 Å². The van der Waals surface area contributed by atoms with Crippen LogP contribution in [0.3, 0.4) is 0 Å². The zero-order valence-electron chi connectivity index (χ0n) is 21.0. The minimum atomic E-state index is -1.21. The maximum atomic E-state index is 12.4. The van der Waals surface area contributed by atoms with Gasteiger partial charge in [-0.15, -0.1) is 0 Å². The quantitative estimate of drug-likeness (QED) is 0.280. The highest BCUT2D eigenvalue weighted by Crippen LogP contribution is 2.33. The molecule has 1 saturated heterocycles. The first-order valence-electron chi connectivity index (χ1n) is 13.2. The highest BCUT2D eigenvalue weighted by Gasteiger charge is 2.45. The van der Waals surface area contributed by atoms with Crippen LogP contribution in [0.25, 0.3) is 0 Å². The molecule has 1 fully saturated rings. The van der Waals surface area contributed by atoms with Crippen LogP contribution in [-0.2, 0) is 9.53 Å². The number of ether oxygens (including phenoxy) is 1. The molecule has 9 nitrogen and oxygen atoms in total. The molecule has 1 amide bonds. The van der Waals surface area contributed by atoms with Gasteiger partial charge in [0.05, 0.1) is 12.7 Å². The van der Waals surface area contributed by atoms with Crippen LogP contribution in [0.4, 0.5) is 5.82 Å². The molecule has 0 aromatic carbocycles. The Labute approximate surface area is 208 Å². The molecule has 196 valence electrons. The maximum Gasteiger partial charge on any atom is 0.351 e. The van der Waals surface area contributed by atoms with E-state index in [0.29, 0.717) is 6.42 Å². The van der Waals surface area contributed by atoms with Crippen LogP contribution in [0.15, 0.2) is 17.1 Å². The van der Waals surface area contributed by atoms with Crippen LogP contribution in [-0.4, -0.2) is 44.5 Å². The Kier molecular flexibility index (Phi) is 13.6. The first-order chi connectivity index (χ1) is 17.0. The minimum absolute atomic E-state index is 0.136. The average molecular weight is 491 g/mol. The van der Waals surface area contributed by atoms with Crippen molar-refractivity contribution in [2.24, 2.45) is 5.92 Å². The Morgan fingerprint density at radius 2 is 1.66 bits per heavy atom. The molecule has 2 heterocycles. The zero-order chi connectivity index (χ0) is 25.5. The van der Waals surface area contributed by atoms with Crippen molar-refractivity contribution in [3.8, 4) is 6.07 Å². The maximum absolute atomic E-state index is 12.4. The number of carbonyl (C=O) groups excluding carboxylic acids is 1. The number of hydrogen-bond donors (Lipinski definition) is 3. The molecule has 0 aliphatic carbocycles. The van der Waals surface area contributed by atoms with E-state index in [4.69, 9.17) is 4.74 Å². The van der Waals surface area contributed by atoms with Gasteiger partial charge in [0.25, 0.3) is 0 Å². The summed E-state index contributed by atoms with van der Waals surface area (Å²) < 4.78 is 6.55. The molecule has 1 aliphatic rings. The molecular formula is C26H42N4O5. The molecule has 4 atom stereocenters.